The van der Waals surface area contributed by atoms with Crippen LogP contribution in [0.2, 0.25) is 0 Å². The summed E-state index contributed by atoms with van der Waals surface area (Å²) in [6, 6.07) is 11.1. The molecule has 1 N–H and O–H groups in total. The van der Waals surface area contributed by atoms with Crippen LogP contribution in [0.5, 0.6) is 0 Å². The van der Waals surface area contributed by atoms with Gasteiger partial charge in [0.1, 0.15) is 0 Å². The highest BCUT2D eigenvalue weighted by Crippen LogP contribution is 2.46. The molecule has 1 saturated carbocycles. The van der Waals surface area contributed by atoms with Gasteiger partial charge in [0, 0.05) is 12.7 Å². The molecular formula is C19H19F3N2O3S. The predicted octanol–water partition coefficient (Wildman–Crippen LogP) is 3.16. The van der Waals surface area contributed by atoms with Crippen LogP contribution in [-0.2, 0) is 27.2 Å². The average molecular weight is 412 g/mol. The molecule has 3 rings (SSSR count). The van der Waals surface area contributed by atoms with E-state index in [4.69, 9.17) is 0 Å². The number of hydrogen-bond donors (Lipinski definition) is 1. The molecule has 28 heavy (non-hydrogen) atoms. The van der Waals surface area contributed by atoms with Crippen LogP contribution in [0.1, 0.15) is 30.4 Å². The number of nitrogens with one attached hydrogen (secondary N) is 1. The number of carbonyl (C=O) groups excluding carboxylic acids is 1. The lowest BCUT2D eigenvalue weighted by atomic mass is 10.1. The van der Waals surface area contributed by atoms with Crippen molar-refractivity contribution in [3.8, 4) is 0 Å². The van der Waals surface area contributed by atoms with E-state index in [0.29, 0.717) is 25.2 Å². The number of nitrogens with zero attached hydrogens (tertiary/aromatic N) is 1. The second-order valence-electron chi connectivity index (χ2n) is 6.73. The summed E-state index contributed by atoms with van der Waals surface area (Å²) in [6.07, 6.45) is -2.50. The van der Waals surface area contributed by atoms with Gasteiger partial charge in [0.15, 0.2) is 9.77 Å². The van der Waals surface area contributed by atoms with Gasteiger partial charge in [-0.15, -0.1) is 0 Å². The maximum Gasteiger partial charge on any atom is 0.417 e. The number of pyridine rings is 1. The Morgan fingerprint density at radius 3 is 2.32 bits per heavy atom. The van der Waals surface area contributed by atoms with Crippen LogP contribution in [0, 0.1) is 0 Å². The van der Waals surface area contributed by atoms with Crippen molar-refractivity contribution < 1.29 is 26.4 Å². The van der Waals surface area contributed by atoms with Crippen molar-refractivity contribution in [1.82, 2.24) is 10.3 Å². The standard InChI is InChI=1S/C19H19F3N2O3S/c20-19(21,22)15-8-9-16(24-13-15)28(26,27)18(10-11-18)17(25)23-12-4-7-14-5-2-1-3-6-14/h1-3,5-6,8-9,13H,4,7,10-12H2,(H,23,25). The Kier molecular flexibility index (Phi) is 5.47. The number of benzene rings is 1. The SMILES string of the molecule is O=C(NCCCc1ccccc1)C1(S(=O)(=O)c2ccc(C(F)(F)F)cn2)CC1. The van der Waals surface area contributed by atoms with E-state index in [9.17, 15) is 26.4 Å². The number of sulfone groups is 1. The van der Waals surface area contributed by atoms with Crippen LogP contribution in [0.25, 0.3) is 0 Å². The largest absolute Gasteiger partial charge is 0.417 e. The number of alkyl halides is 3. The fourth-order valence-electron chi connectivity index (χ4n) is 2.94. The lowest BCUT2D eigenvalue weighted by molar-refractivity contribution is -0.137. The first-order valence-corrected chi connectivity index (χ1v) is 10.3. The van der Waals surface area contributed by atoms with Crippen LogP contribution in [0.4, 0.5) is 13.2 Å². The highest BCUT2D eigenvalue weighted by molar-refractivity contribution is 7.93. The Morgan fingerprint density at radius 2 is 1.79 bits per heavy atom. The summed E-state index contributed by atoms with van der Waals surface area (Å²) in [5.74, 6) is -0.623. The molecule has 5 nitrogen and oxygen atoms in total. The van der Waals surface area contributed by atoms with Crippen molar-refractivity contribution in [3.05, 3.63) is 59.8 Å². The fraction of sp³-hybridized carbons (Fsp3) is 0.368. The van der Waals surface area contributed by atoms with E-state index in [-0.39, 0.29) is 12.8 Å². The minimum Gasteiger partial charge on any atom is -0.355 e. The summed E-state index contributed by atoms with van der Waals surface area (Å²) in [5.41, 5.74) is 0.0705. The zero-order chi connectivity index (χ0) is 20.4. The minimum atomic E-state index is -4.61. The van der Waals surface area contributed by atoms with E-state index in [2.05, 4.69) is 10.3 Å². The third kappa shape index (κ3) is 4.04. The maximum atomic E-state index is 12.8. The van der Waals surface area contributed by atoms with Gasteiger partial charge in [-0.05, 0) is 43.4 Å². The Bertz CT molecular complexity index is 939. The molecule has 0 aliphatic heterocycles. The smallest absolute Gasteiger partial charge is 0.355 e. The first kappa shape index (κ1) is 20.3. The Balaban J connectivity index is 1.63. The van der Waals surface area contributed by atoms with E-state index in [1.54, 1.807) is 0 Å². The van der Waals surface area contributed by atoms with Crippen molar-refractivity contribution in [2.75, 3.05) is 6.54 Å². The molecule has 1 aliphatic rings. The van der Waals surface area contributed by atoms with Gasteiger partial charge in [0.25, 0.3) is 0 Å². The van der Waals surface area contributed by atoms with Gasteiger partial charge >= 0.3 is 6.18 Å². The highest BCUT2D eigenvalue weighted by atomic mass is 32.2. The first-order valence-electron chi connectivity index (χ1n) is 8.77. The Hall–Kier alpha value is -2.42. The number of aryl methyl sites for hydroxylation is 1. The van der Waals surface area contributed by atoms with E-state index in [1.165, 1.54) is 0 Å². The van der Waals surface area contributed by atoms with Crippen LogP contribution in [0.3, 0.4) is 0 Å². The molecule has 0 radical (unpaired) electrons. The summed E-state index contributed by atoms with van der Waals surface area (Å²) in [5, 5.41) is 2.13. The molecule has 1 aromatic heterocycles. The van der Waals surface area contributed by atoms with Crippen molar-refractivity contribution in [2.45, 2.75) is 41.6 Å². The molecule has 1 heterocycles. The lowest BCUT2D eigenvalue weighted by Crippen LogP contribution is -2.42. The molecule has 0 unspecified atom stereocenters. The van der Waals surface area contributed by atoms with E-state index in [1.807, 2.05) is 30.3 Å². The zero-order valence-electron chi connectivity index (χ0n) is 14.9. The second kappa shape index (κ2) is 7.54. The number of hydrogen-bond acceptors (Lipinski definition) is 4. The molecule has 1 fully saturated rings. The quantitative estimate of drug-likeness (QED) is 0.709. The van der Waals surface area contributed by atoms with Gasteiger partial charge in [-0.25, -0.2) is 13.4 Å². The molecule has 150 valence electrons. The summed E-state index contributed by atoms with van der Waals surface area (Å²) >= 11 is 0. The topological polar surface area (TPSA) is 76.1 Å². The molecule has 0 spiro atoms. The molecule has 0 bridgehead atoms. The normalized spacial score (nSPS) is 15.8. The fourth-order valence-corrected chi connectivity index (χ4v) is 4.73. The summed E-state index contributed by atoms with van der Waals surface area (Å²) < 4.78 is 61.8. The monoisotopic (exact) mass is 412 g/mol. The van der Waals surface area contributed by atoms with Crippen LogP contribution in [-0.4, -0.2) is 30.6 Å². The van der Waals surface area contributed by atoms with E-state index >= 15 is 0 Å². The number of halogens is 3. The maximum absolute atomic E-state index is 12.8. The molecule has 0 atom stereocenters. The van der Waals surface area contributed by atoms with Gasteiger partial charge in [-0.3, -0.25) is 4.79 Å². The first-order chi connectivity index (χ1) is 13.2. The Morgan fingerprint density at radius 1 is 1.11 bits per heavy atom. The molecule has 9 heteroatoms. The van der Waals surface area contributed by atoms with Crippen LogP contribution in [0.15, 0.2) is 53.7 Å². The van der Waals surface area contributed by atoms with Gasteiger partial charge < -0.3 is 5.32 Å². The Labute approximate surface area is 160 Å². The number of aromatic nitrogens is 1. The van der Waals surface area contributed by atoms with E-state index < -0.39 is 37.3 Å². The van der Waals surface area contributed by atoms with Gasteiger partial charge in [0.05, 0.1) is 5.56 Å². The van der Waals surface area contributed by atoms with Crippen molar-refractivity contribution in [1.29, 1.82) is 0 Å². The summed E-state index contributed by atoms with van der Waals surface area (Å²) in [4.78, 5) is 15.9. The van der Waals surface area contributed by atoms with Crippen LogP contribution >= 0.6 is 0 Å². The van der Waals surface area contributed by atoms with Gasteiger partial charge in [0.2, 0.25) is 15.7 Å². The molecule has 1 aliphatic carbocycles. The summed E-state index contributed by atoms with van der Waals surface area (Å²) in [7, 11) is -4.17. The van der Waals surface area contributed by atoms with Crippen molar-refractivity contribution in [2.24, 2.45) is 0 Å². The number of carbonyl (C=O) groups is 1. The second-order valence-corrected chi connectivity index (χ2v) is 8.93. The highest BCUT2D eigenvalue weighted by Gasteiger charge is 2.61. The molecule has 2 aromatic rings. The van der Waals surface area contributed by atoms with E-state index in [0.717, 1.165) is 18.1 Å². The minimum absolute atomic E-state index is 0.128. The molecular weight excluding hydrogens is 393 g/mol. The van der Waals surface area contributed by atoms with Crippen LogP contribution < -0.4 is 5.32 Å². The average Bonchev–Trinajstić information content (AvgIpc) is 3.48. The van der Waals surface area contributed by atoms with Crippen molar-refractivity contribution in [3.63, 3.8) is 0 Å². The van der Waals surface area contributed by atoms with Gasteiger partial charge in [-0.1, -0.05) is 30.3 Å². The summed E-state index contributed by atoms with van der Waals surface area (Å²) in [6.45, 7) is 0.311. The lowest BCUT2D eigenvalue weighted by Gasteiger charge is -2.16. The zero-order valence-corrected chi connectivity index (χ0v) is 15.7. The number of amides is 1. The molecule has 0 saturated heterocycles. The molecule has 1 aromatic carbocycles. The van der Waals surface area contributed by atoms with Gasteiger partial charge in [-0.2, -0.15) is 13.2 Å². The van der Waals surface area contributed by atoms with Crippen molar-refractivity contribution >= 4 is 15.7 Å². The molecule has 1 amide bonds. The third-order valence-corrected chi connectivity index (χ3v) is 7.16. The predicted molar refractivity (Wildman–Crippen MR) is 96.2 cm³/mol. The number of rotatable bonds is 7. The third-order valence-electron chi connectivity index (χ3n) is 4.74.